The van der Waals surface area contributed by atoms with Gasteiger partial charge in [-0.1, -0.05) is 18.2 Å². The Morgan fingerprint density at radius 2 is 1.79 bits per heavy atom. The van der Waals surface area contributed by atoms with Crippen molar-refractivity contribution in [3.63, 3.8) is 0 Å². The fourth-order valence-electron chi connectivity index (χ4n) is 4.30. The molecule has 1 saturated heterocycles. The topological polar surface area (TPSA) is 51.7 Å². The molecule has 1 aliphatic rings. The van der Waals surface area contributed by atoms with Gasteiger partial charge in [0.15, 0.2) is 0 Å². The van der Waals surface area contributed by atoms with Crippen molar-refractivity contribution in [3.05, 3.63) is 65.2 Å². The number of hydrogen-bond acceptors (Lipinski definition) is 6. The molecule has 0 radical (unpaired) electrons. The molecule has 1 aromatic heterocycles. The van der Waals surface area contributed by atoms with E-state index in [1.165, 1.54) is 11.3 Å². The summed E-state index contributed by atoms with van der Waals surface area (Å²) in [6.45, 7) is 11.6. The summed E-state index contributed by atoms with van der Waals surface area (Å²) >= 11 is 1.60. The van der Waals surface area contributed by atoms with Crippen molar-refractivity contribution in [1.29, 1.82) is 0 Å². The highest BCUT2D eigenvalue weighted by molar-refractivity contribution is 7.13. The number of hydrogen-bond donors (Lipinski definition) is 1. The average molecular weight is 478 g/mol. The number of anilines is 2. The number of rotatable bonds is 9. The highest BCUT2D eigenvalue weighted by Gasteiger charge is 2.15. The Hall–Kier alpha value is -2.74. The van der Waals surface area contributed by atoms with Crippen LogP contribution in [-0.2, 0) is 17.8 Å². The molecular weight excluding hydrogens is 442 g/mol. The fourth-order valence-corrected chi connectivity index (χ4v) is 5.12. The van der Waals surface area contributed by atoms with Crippen molar-refractivity contribution >= 4 is 28.6 Å². The van der Waals surface area contributed by atoms with Crippen LogP contribution in [0.5, 0.6) is 0 Å². The van der Waals surface area contributed by atoms with E-state index in [0.717, 1.165) is 67.8 Å². The number of likely N-dealkylation sites (N-methyl/N-ethyl adjacent to an activating group) is 1. The molecule has 0 unspecified atom stereocenters. The number of thiazole rings is 1. The summed E-state index contributed by atoms with van der Waals surface area (Å²) in [5.41, 5.74) is 5.22. The van der Waals surface area contributed by atoms with Crippen molar-refractivity contribution in [2.24, 2.45) is 0 Å². The summed E-state index contributed by atoms with van der Waals surface area (Å²) in [7, 11) is 2.18. The summed E-state index contributed by atoms with van der Waals surface area (Å²) < 4.78 is 0. The largest absolute Gasteiger partial charge is 0.372 e. The number of amides is 1. The van der Waals surface area contributed by atoms with E-state index in [2.05, 4.69) is 77.3 Å². The maximum atomic E-state index is 12.6. The number of nitrogens with zero attached hydrogens (tertiary/aromatic N) is 4. The van der Waals surface area contributed by atoms with Gasteiger partial charge >= 0.3 is 0 Å². The van der Waals surface area contributed by atoms with E-state index in [1.54, 1.807) is 11.3 Å². The second-order valence-electron chi connectivity index (χ2n) is 8.87. The maximum absolute atomic E-state index is 12.6. The normalized spacial score (nSPS) is 14.8. The molecule has 1 N–H and O–H groups in total. The molecule has 1 fully saturated rings. The lowest BCUT2D eigenvalue weighted by Gasteiger charge is -2.32. The highest BCUT2D eigenvalue weighted by atomic mass is 32.1. The molecule has 0 spiro atoms. The van der Waals surface area contributed by atoms with Crippen molar-refractivity contribution in [2.75, 3.05) is 56.5 Å². The molecular formula is C27H35N5OS. The second-order valence-corrected chi connectivity index (χ2v) is 9.73. The zero-order valence-corrected chi connectivity index (χ0v) is 21.3. The molecule has 2 heterocycles. The molecule has 0 saturated carbocycles. The van der Waals surface area contributed by atoms with E-state index >= 15 is 0 Å². The minimum absolute atomic E-state index is 0.0451. The molecule has 4 rings (SSSR count). The Morgan fingerprint density at radius 1 is 1.06 bits per heavy atom. The van der Waals surface area contributed by atoms with Gasteiger partial charge in [-0.25, -0.2) is 4.98 Å². The molecule has 0 aliphatic carbocycles. The van der Waals surface area contributed by atoms with Gasteiger partial charge in [0.2, 0.25) is 5.91 Å². The molecule has 1 amide bonds. The third-order valence-electron chi connectivity index (χ3n) is 6.35. The van der Waals surface area contributed by atoms with E-state index in [1.807, 2.05) is 17.5 Å². The van der Waals surface area contributed by atoms with Crippen LogP contribution in [0.15, 0.2) is 53.9 Å². The summed E-state index contributed by atoms with van der Waals surface area (Å²) in [5.74, 6) is -0.0451. The Morgan fingerprint density at radius 3 is 2.50 bits per heavy atom. The van der Waals surface area contributed by atoms with Crippen molar-refractivity contribution < 1.29 is 4.79 Å². The fraction of sp³-hybridized carbons (Fsp3) is 0.407. The number of nitrogens with one attached hydrogen (secondary N) is 1. The Bertz CT molecular complexity index is 1070. The minimum atomic E-state index is -0.0451. The standard InChI is InChI=1S/C27H35N5OS/c1-4-32(5-2)25-11-9-23(10-12-25)28-26(33)18-24-20-34-27(29-24)22-8-6-7-21(17-22)19-31-15-13-30(3)14-16-31/h6-12,17,20H,4-5,13-16,18-19H2,1-3H3,(H,28,33). The van der Waals surface area contributed by atoms with E-state index in [0.29, 0.717) is 0 Å². The summed E-state index contributed by atoms with van der Waals surface area (Å²) in [6.07, 6.45) is 0.273. The smallest absolute Gasteiger partial charge is 0.230 e. The lowest BCUT2D eigenvalue weighted by Crippen LogP contribution is -2.43. The van der Waals surface area contributed by atoms with Gasteiger partial charge in [0.1, 0.15) is 5.01 Å². The number of carbonyl (C=O) groups excluding carboxylic acids is 1. The number of benzene rings is 2. The van der Waals surface area contributed by atoms with Gasteiger partial charge in [-0.2, -0.15) is 0 Å². The van der Waals surface area contributed by atoms with Gasteiger partial charge in [-0.3, -0.25) is 9.69 Å². The van der Waals surface area contributed by atoms with Crippen LogP contribution in [0.1, 0.15) is 25.1 Å². The molecule has 180 valence electrons. The summed E-state index contributed by atoms with van der Waals surface area (Å²) in [5, 5.41) is 5.95. The molecule has 0 atom stereocenters. The molecule has 0 bridgehead atoms. The monoisotopic (exact) mass is 477 g/mol. The molecule has 1 aliphatic heterocycles. The lowest BCUT2D eigenvalue weighted by atomic mass is 10.1. The molecule has 6 nitrogen and oxygen atoms in total. The van der Waals surface area contributed by atoms with Crippen LogP contribution in [0, 0.1) is 0 Å². The second kappa shape index (κ2) is 11.6. The average Bonchev–Trinajstić information content (AvgIpc) is 3.31. The Balaban J connectivity index is 1.34. The van der Waals surface area contributed by atoms with Crippen LogP contribution < -0.4 is 10.2 Å². The third-order valence-corrected chi connectivity index (χ3v) is 7.29. The van der Waals surface area contributed by atoms with Crippen LogP contribution in [0.2, 0.25) is 0 Å². The number of piperazine rings is 1. The van der Waals surface area contributed by atoms with E-state index < -0.39 is 0 Å². The molecule has 3 aromatic rings. The van der Waals surface area contributed by atoms with Gasteiger partial charge in [0, 0.05) is 68.1 Å². The van der Waals surface area contributed by atoms with Crippen molar-refractivity contribution in [1.82, 2.24) is 14.8 Å². The first-order valence-electron chi connectivity index (χ1n) is 12.1. The number of carbonyl (C=O) groups is 1. The van der Waals surface area contributed by atoms with Crippen LogP contribution in [0.4, 0.5) is 11.4 Å². The lowest BCUT2D eigenvalue weighted by molar-refractivity contribution is -0.115. The van der Waals surface area contributed by atoms with Crippen molar-refractivity contribution in [3.8, 4) is 10.6 Å². The predicted molar refractivity (Wildman–Crippen MR) is 143 cm³/mol. The summed E-state index contributed by atoms with van der Waals surface area (Å²) in [4.78, 5) is 24.5. The first-order chi connectivity index (χ1) is 16.5. The van der Waals surface area contributed by atoms with E-state index in [9.17, 15) is 4.79 Å². The quantitative estimate of drug-likeness (QED) is 0.489. The zero-order valence-electron chi connectivity index (χ0n) is 20.5. The van der Waals surface area contributed by atoms with Crippen LogP contribution in [0.25, 0.3) is 10.6 Å². The SMILES string of the molecule is CCN(CC)c1ccc(NC(=O)Cc2csc(-c3cccc(CN4CCN(C)CC4)c3)n2)cc1. The first-order valence-corrected chi connectivity index (χ1v) is 13.0. The molecule has 34 heavy (non-hydrogen) atoms. The maximum Gasteiger partial charge on any atom is 0.230 e. The Kier molecular flexibility index (Phi) is 8.32. The van der Waals surface area contributed by atoms with E-state index in [-0.39, 0.29) is 12.3 Å². The van der Waals surface area contributed by atoms with Crippen LogP contribution in [-0.4, -0.2) is 67.0 Å². The summed E-state index contributed by atoms with van der Waals surface area (Å²) in [6, 6.07) is 16.7. The third kappa shape index (κ3) is 6.44. The van der Waals surface area contributed by atoms with Crippen molar-refractivity contribution in [2.45, 2.75) is 26.8 Å². The Labute approximate surface area is 207 Å². The number of aromatic nitrogens is 1. The highest BCUT2D eigenvalue weighted by Crippen LogP contribution is 2.26. The van der Waals surface area contributed by atoms with Gasteiger partial charge < -0.3 is 15.1 Å². The zero-order chi connectivity index (χ0) is 23.9. The minimum Gasteiger partial charge on any atom is -0.372 e. The first kappa shape index (κ1) is 24.4. The van der Waals surface area contributed by atoms with Crippen LogP contribution >= 0.6 is 11.3 Å². The predicted octanol–water partition coefficient (Wildman–Crippen LogP) is 4.58. The van der Waals surface area contributed by atoms with Crippen LogP contribution in [0.3, 0.4) is 0 Å². The van der Waals surface area contributed by atoms with Gasteiger partial charge in [0.25, 0.3) is 0 Å². The van der Waals surface area contributed by atoms with Gasteiger partial charge in [-0.05, 0) is 56.8 Å². The van der Waals surface area contributed by atoms with Gasteiger partial charge in [0.05, 0.1) is 12.1 Å². The van der Waals surface area contributed by atoms with E-state index in [4.69, 9.17) is 4.98 Å². The molecule has 2 aromatic carbocycles. The van der Waals surface area contributed by atoms with Gasteiger partial charge in [-0.15, -0.1) is 11.3 Å². The molecule has 7 heteroatoms.